The molecule has 0 atom stereocenters. The van der Waals surface area contributed by atoms with Gasteiger partial charge in [0.2, 0.25) is 0 Å². The van der Waals surface area contributed by atoms with Gasteiger partial charge in [-0.25, -0.2) is 4.79 Å². The van der Waals surface area contributed by atoms with Gasteiger partial charge < -0.3 is 19.9 Å². The summed E-state index contributed by atoms with van der Waals surface area (Å²) < 4.78 is 11.0. The van der Waals surface area contributed by atoms with Gasteiger partial charge in [0.25, 0.3) is 0 Å². The lowest BCUT2D eigenvalue weighted by Gasteiger charge is -2.12. The minimum absolute atomic E-state index is 0.370. The standard InChI is InChI=1S/C18H16N2O4/c1-23-16-8-7-15(20-11-14(10-19)18(21)22)9-17(16)24-12-13-5-3-2-4-6-13/h2-9,11,20H,12H2,1H3,(H,21,22)/b14-11+. The number of benzene rings is 2. The summed E-state index contributed by atoms with van der Waals surface area (Å²) in [5, 5.41) is 20.3. The van der Waals surface area contributed by atoms with Crippen molar-refractivity contribution in [2.75, 3.05) is 12.4 Å². The molecule has 0 heterocycles. The summed E-state index contributed by atoms with van der Waals surface area (Å²) >= 11 is 0. The van der Waals surface area contributed by atoms with Gasteiger partial charge in [-0.05, 0) is 17.7 Å². The molecule has 0 aliphatic rings. The lowest BCUT2D eigenvalue weighted by atomic mass is 10.2. The molecule has 0 aliphatic heterocycles. The molecular formula is C18H16N2O4. The highest BCUT2D eigenvalue weighted by atomic mass is 16.5. The van der Waals surface area contributed by atoms with Crippen LogP contribution in [0.1, 0.15) is 5.56 Å². The van der Waals surface area contributed by atoms with Crippen LogP contribution in [-0.4, -0.2) is 18.2 Å². The number of nitrogens with one attached hydrogen (secondary N) is 1. The van der Waals surface area contributed by atoms with Crippen molar-refractivity contribution < 1.29 is 19.4 Å². The summed E-state index contributed by atoms with van der Waals surface area (Å²) in [7, 11) is 1.54. The van der Waals surface area contributed by atoms with E-state index in [-0.39, 0.29) is 0 Å². The fourth-order valence-corrected chi connectivity index (χ4v) is 1.91. The summed E-state index contributed by atoms with van der Waals surface area (Å²) in [6.07, 6.45) is 1.13. The Hall–Kier alpha value is -3.46. The van der Waals surface area contributed by atoms with Crippen molar-refractivity contribution in [2.45, 2.75) is 6.61 Å². The van der Waals surface area contributed by atoms with Crippen LogP contribution in [0.4, 0.5) is 5.69 Å². The zero-order chi connectivity index (χ0) is 17.4. The number of rotatable bonds is 7. The predicted molar refractivity (Wildman–Crippen MR) is 88.7 cm³/mol. The third-order valence-electron chi connectivity index (χ3n) is 3.13. The molecule has 0 aromatic heterocycles. The van der Waals surface area contributed by atoms with Gasteiger partial charge in [-0.15, -0.1) is 0 Å². The molecule has 0 bridgehead atoms. The van der Waals surface area contributed by atoms with E-state index in [9.17, 15) is 4.79 Å². The number of carboxylic acids is 1. The van der Waals surface area contributed by atoms with E-state index in [2.05, 4.69) is 5.32 Å². The van der Waals surface area contributed by atoms with Crippen LogP contribution in [0.5, 0.6) is 11.5 Å². The van der Waals surface area contributed by atoms with Crippen LogP contribution in [0.25, 0.3) is 0 Å². The Bertz CT molecular complexity index is 779. The number of hydrogen-bond acceptors (Lipinski definition) is 5. The third kappa shape index (κ3) is 4.52. The molecule has 0 saturated carbocycles. The Morgan fingerprint density at radius 2 is 2.00 bits per heavy atom. The quantitative estimate of drug-likeness (QED) is 0.600. The van der Waals surface area contributed by atoms with Gasteiger partial charge in [0, 0.05) is 18.0 Å². The molecule has 24 heavy (non-hydrogen) atoms. The predicted octanol–water partition coefficient (Wildman–Crippen LogP) is 3.18. The van der Waals surface area contributed by atoms with Crippen molar-refractivity contribution in [3.8, 4) is 17.6 Å². The molecule has 2 aromatic carbocycles. The maximum Gasteiger partial charge on any atom is 0.347 e. The highest BCUT2D eigenvalue weighted by Crippen LogP contribution is 2.31. The second kappa shape index (κ2) is 8.25. The number of hydrogen-bond donors (Lipinski definition) is 2. The van der Waals surface area contributed by atoms with Crippen molar-refractivity contribution in [3.63, 3.8) is 0 Å². The Kier molecular flexibility index (Phi) is 5.81. The molecule has 6 heteroatoms. The van der Waals surface area contributed by atoms with E-state index in [1.165, 1.54) is 7.11 Å². The second-order valence-electron chi connectivity index (χ2n) is 4.76. The summed E-state index contributed by atoms with van der Waals surface area (Å²) in [5.74, 6) is -0.230. The largest absolute Gasteiger partial charge is 0.493 e. The monoisotopic (exact) mass is 324 g/mol. The van der Waals surface area contributed by atoms with E-state index in [0.29, 0.717) is 23.8 Å². The average molecular weight is 324 g/mol. The van der Waals surface area contributed by atoms with E-state index >= 15 is 0 Å². The SMILES string of the molecule is COc1ccc(N/C=C(\C#N)C(=O)O)cc1OCc1ccccc1. The molecule has 0 amide bonds. The Balaban J connectivity index is 2.15. The number of methoxy groups -OCH3 is 1. The summed E-state index contributed by atoms with van der Waals surface area (Å²) in [6.45, 7) is 0.370. The molecule has 0 aliphatic carbocycles. The fourth-order valence-electron chi connectivity index (χ4n) is 1.91. The number of ether oxygens (including phenoxy) is 2. The van der Waals surface area contributed by atoms with Crippen LogP contribution >= 0.6 is 0 Å². The number of carboxylic acid groups (broad SMARTS) is 1. The zero-order valence-electron chi connectivity index (χ0n) is 13.0. The summed E-state index contributed by atoms with van der Waals surface area (Å²) in [5.41, 5.74) is 1.20. The molecule has 2 aromatic rings. The van der Waals surface area contributed by atoms with Gasteiger partial charge in [0.1, 0.15) is 12.7 Å². The number of carbonyl (C=O) groups is 1. The van der Waals surface area contributed by atoms with Crippen LogP contribution in [0.15, 0.2) is 60.3 Å². The number of aliphatic carboxylic acids is 1. The lowest BCUT2D eigenvalue weighted by Crippen LogP contribution is -2.02. The molecule has 0 radical (unpaired) electrons. The highest BCUT2D eigenvalue weighted by molar-refractivity contribution is 5.91. The van der Waals surface area contributed by atoms with Crippen LogP contribution in [0, 0.1) is 11.3 Å². The minimum atomic E-state index is -1.29. The number of anilines is 1. The van der Waals surface area contributed by atoms with E-state index in [0.717, 1.165) is 11.8 Å². The topological polar surface area (TPSA) is 91.6 Å². The fraction of sp³-hybridized carbons (Fsp3) is 0.111. The zero-order valence-corrected chi connectivity index (χ0v) is 13.0. The molecule has 2 rings (SSSR count). The van der Waals surface area contributed by atoms with Gasteiger partial charge in [-0.1, -0.05) is 30.3 Å². The molecule has 2 N–H and O–H groups in total. The molecule has 0 unspecified atom stereocenters. The smallest absolute Gasteiger partial charge is 0.347 e. The third-order valence-corrected chi connectivity index (χ3v) is 3.13. The first-order valence-electron chi connectivity index (χ1n) is 7.09. The first-order valence-corrected chi connectivity index (χ1v) is 7.09. The molecule has 0 fully saturated rings. The second-order valence-corrected chi connectivity index (χ2v) is 4.76. The number of nitrogens with zero attached hydrogens (tertiary/aromatic N) is 1. The minimum Gasteiger partial charge on any atom is -0.493 e. The van der Waals surface area contributed by atoms with E-state index < -0.39 is 11.5 Å². The molecule has 0 spiro atoms. The van der Waals surface area contributed by atoms with E-state index in [4.69, 9.17) is 19.8 Å². The van der Waals surface area contributed by atoms with Crippen molar-refractivity contribution >= 4 is 11.7 Å². The van der Waals surface area contributed by atoms with Crippen LogP contribution in [-0.2, 0) is 11.4 Å². The number of nitriles is 1. The molecule has 6 nitrogen and oxygen atoms in total. The van der Waals surface area contributed by atoms with Crippen LogP contribution in [0.2, 0.25) is 0 Å². The Morgan fingerprint density at radius 1 is 1.25 bits per heavy atom. The van der Waals surface area contributed by atoms with Crippen LogP contribution < -0.4 is 14.8 Å². The maximum absolute atomic E-state index is 10.8. The van der Waals surface area contributed by atoms with Gasteiger partial charge >= 0.3 is 5.97 Å². The van der Waals surface area contributed by atoms with Gasteiger partial charge in [-0.3, -0.25) is 0 Å². The van der Waals surface area contributed by atoms with Crippen molar-refractivity contribution in [3.05, 3.63) is 65.9 Å². The van der Waals surface area contributed by atoms with Gasteiger partial charge in [0.15, 0.2) is 17.1 Å². The first kappa shape index (κ1) is 16.9. The molecule has 122 valence electrons. The van der Waals surface area contributed by atoms with Gasteiger partial charge in [0.05, 0.1) is 7.11 Å². The van der Waals surface area contributed by atoms with Gasteiger partial charge in [-0.2, -0.15) is 5.26 Å². The molecular weight excluding hydrogens is 308 g/mol. The summed E-state index contributed by atoms with van der Waals surface area (Å²) in [4.78, 5) is 10.8. The Labute approximate surface area is 139 Å². The first-order chi connectivity index (χ1) is 11.6. The van der Waals surface area contributed by atoms with Crippen molar-refractivity contribution in [2.24, 2.45) is 0 Å². The maximum atomic E-state index is 10.8. The average Bonchev–Trinajstić information content (AvgIpc) is 2.61. The molecule has 0 saturated heterocycles. The van der Waals surface area contributed by atoms with E-state index in [1.54, 1.807) is 24.3 Å². The van der Waals surface area contributed by atoms with E-state index in [1.807, 2.05) is 30.3 Å². The Morgan fingerprint density at radius 3 is 2.62 bits per heavy atom. The highest BCUT2D eigenvalue weighted by Gasteiger charge is 2.08. The summed E-state index contributed by atoms with van der Waals surface area (Å²) in [6, 6.07) is 16.3. The van der Waals surface area contributed by atoms with Crippen LogP contribution in [0.3, 0.4) is 0 Å². The normalized spacial score (nSPS) is 10.6. The van der Waals surface area contributed by atoms with Crippen molar-refractivity contribution in [1.29, 1.82) is 5.26 Å². The van der Waals surface area contributed by atoms with Crippen molar-refractivity contribution in [1.82, 2.24) is 0 Å². The lowest BCUT2D eigenvalue weighted by molar-refractivity contribution is -0.132.